The molecule has 0 spiro atoms. The predicted octanol–water partition coefficient (Wildman–Crippen LogP) is 8.28. The fourth-order valence-electron chi connectivity index (χ4n) is 5.83. The Morgan fingerprint density at radius 3 is 1.20 bits per heavy atom. The highest BCUT2D eigenvalue weighted by Gasteiger charge is 2.11. The van der Waals surface area contributed by atoms with Crippen LogP contribution in [0.5, 0.6) is 0 Å². The first-order chi connectivity index (χ1) is 19.9. The van der Waals surface area contributed by atoms with E-state index < -0.39 is 0 Å². The van der Waals surface area contributed by atoms with Crippen molar-refractivity contribution in [1.82, 2.24) is 9.97 Å². The summed E-state index contributed by atoms with van der Waals surface area (Å²) in [6, 6.07) is 34.1. The molecule has 0 radical (unpaired) electrons. The van der Waals surface area contributed by atoms with Crippen LogP contribution >= 0.6 is 0 Å². The van der Waals surface area contributed by atoms with Gasteiger partial charge in [0.05, 0.1) is 0 Å². The lowest BCUT2D eigenvalue weighted by molar-refractivity contribution is 0.981. The van der Waals surface area contributed by atoms with E-state index in [0.717, 1.165) is 25.9 Å². The molecule has 194 valence electrons. The fourth-order valence-corrected chi connectivity index (χ4v) is 5.83. The Morgan fingerprint density at radius 1 is 0.450 bits per heavy atom. The third kappa shape index (κ3) is 4.48. The number of H-pyrrole nitrogens is 2. The summed E-state index contributed by atoms with van der Waals surface area (Å²) < 4.78 is 0. The number of aromatic amines is 2. The summed E-state index contributed by atoms with van der Waals surface area (Å²) in [6.45, 7) is 1.48. The molecular formula is C36H30N4. The van der Waals surface area contributed by atoms with E-state index >= 15 is 0 Å². The number of hydrogen-bond acceptors (Lipinski definition) is 2. The Labute approximate surface area is 233 Å². The molecule has 0 saturated carbocycles. The van der Waals surface area contributed by atoms with Crippen LogP contribution in [-0.4, -0.2) is 35.5 Å². The van der Waals surface area contributed by atoms with Crippen LogP contribution in [0.4, 0.5) is 0 Å². The largest absolute Gasteiger partial charge is 0.361 e. The first-order valence-corrected chi connectivity index (χ1v) is 13.9. The Hall–Kier alpha value is -4.96. The average molecular weight is 519 g/mol. The van der Waals surface area contributed by atoms with Crippen LogP contribution in [0, 0.1) is 0 Å². The van der Waals surface area contributed by atoms with Gasteiger partial charge < -0.3 is 9.97 Å². The third-order valence-electron chi connectivity index (χ3n) is 7.83. The minimum Gasteiger partial charge on any atom is -0.361 e. The molecule has 5 aromatic carbocycles. The highest BCUT2D eigenvalue weighted by atomic mass is 14.7. The van der Waals surface area contributed by atoms with Gasteiger partial charge in [0, 0.05) is 70.8 Å². The minimum absolute atomic E-state index is 0.738. The Kier molecular flexibility index (Phi) is 6.42. The second kappa shape index (κ2) is 10.7. The van der Waals surface area contributed by atoms with E-state index in [-0.39, 0.29) is 0 Å². The van der Waals surface area contributed by atoms with E-state index in [1.165, 1.54) is 65.6 Å². The molecule has 0 bridgehead atoms. The molecule has 2 aromatic heterocycles. The molecule has 4 nitrogen and oxygen atoms in total. The van der Waals surface area contributed by atoms with Crippen LogP contribution in [0.15, 0.2) is 119 Å². The molecule has 0 aliphatic rings. The van der Waals surface area contributed by atoms with E-state index in [2.05, 4.69) is 132 Å². The maximum absolute atomic E-state index is 4.91. The second-order valence-corrected chi connectivity index (χ2v) is 10.2. The molecule has 2 heterocycles. The molecule has 0 aliphatic carbocycles. The Bertz CT molecular complexity index is 1820. The van der Waals surface area contributed by atoms with Gasteiger partial charge in [0.25, 0.3) is 0 Å². The minimum atomic E-state index is 0.738. The van der Waals surface area contributed by atoms with E-state index in [0.29, 0.717) is 0 Å². The lowest BCUT2D eigenvalue weighted by Gasteiger charge is -2.12. The number of hydrogen-bond donors (Lipinski definition) is 2. The van der Waals surface area contributed by atoms with Crippen LogP contribution < -0.4 is 0 Å². The van der Waals surface area contributed by atoms with Crippen molar-refractivity contribution in [2.45, 2.75) is 12.8 Å². The molecule has 0 fully saturated rings. The van der Waals surface area contributed by atoms with Crippen LogP contribution in [0.25, 0.3) is 43.4 Å². The number of para-hydroxylation sites is 2. The summed E-state index contributed by atoms with van der Waals surface area (Å²) >= 11 is 0. The molecule has 7 rings (SSSR count). The van der Waals surface area contributed by atoms with E-state index in [1.54, 1.807) is 0 Å². The zero-order chi connectivity index (χ0) is 26.7. The molecule has 0 atom stereocenters. The van der Waals surface area contributed by atoms with Gasteiger partial charge in [-0.2, -0.15) is 0 Å². The van der Waals surface area contributed by atoms with E-state index in [4.69, 9.17) is 9.98 Å². The van der Waals surface area contributed by atoms with Gasteiger partial charge in [-0.1, -0.05) is 84.9 Å². The number of nitrogens with one attached hydrogen (secondary N) is 2. The molecular weight excluding hydrogens is 488 g/mol. The van der Waals surface area contributed by atoms with E-state index in [1.807, 2.05) is 0 Å². The van der Waals surface area contributed by atoms with E-state index in [9.17, 15) is 0 Å². The fraction of sp³-hybridized carbons (Fsp3) is 0.111. The predicted molar refractivity (Wildman–Crippen MR) is 170 cm³/mol. The number of benzene rings is 5. The number of aliphatic imine (C=N–C) groups is 2. The standard InChI is InChI=1S/C36H30N4/c1-2-12-30-29(11-1)33(23-37-19-17-25-21-39-35-15-7-5-9-27(25)35)31-13-3-4-14-32(31)34(30)24-38-20-18-26-22-40-36-16-8-6-10-28(26)36/h1-16,21-24,39-40H,17-20H2. The van der Waals surface area contributed by atoms with Gasteiger partial charge >= 0.3 is 0 Å². The highest BCUT2D eigenvalue weighted by Crippen LogP contribution is 2.31. The van der Waals surface area contributed by atoms with Crippen molar-refractivity contribution in [2.24, 2.45) is 9.98 Å². The number of aromatic nitrogens is 2. The maximum Gasteiger partial charge on any atom is 0.0456 e. The second-order valence-electron chi connectivity index (χ2n) is 10.2. The first kappa shape index (κ1) is 24.1. The van der Waals surface area contributed by atoms with Crippen LogP contribution in [0.3, 0.4) is 0 Å². The summed E-state index contributed by atoms with van der Waals surface area (Å²) in [6.07, 6.45) is 10.2. The molecule has 7 aromatic rings. The van der Waals surface area contributed by atoms with Crippen LogP contribution in [0.2, 0.25) is 0 Å². The van der Waals surface area contributed by atoms with Crippen molar-refractivity contribution >= 4 is 55.8 Å². The molecule has 0 aliphatic heterocycles. The summed E-state index contributed by atoms with van der Waals surface area (Å²) in [7, 11) is 0. The van der Waals surface area contributed by atoms with Gasteiger partial charge in [-0.25, -0.2) is 0 Å². The van der Waals surface area contributed by atoms with Crippen molar-refractivity contribution in [3.63, 3.8) is 0 Å². The normalized spacial score (nSPS) is 12.2. The smallest absolute Gasteiger partial charge is 0.0456 e. The van der Waals surface area contributed by atoms with Gasteiger partial charge in [0.1, 0.15) is 0 Å². The molecule has 2 N–H and O–H groups in total. The summed E-state index contributed by atoms with van der Waals surface area (Å²) in [4.78, 5) is 16.6. The number of nitrogens with zero attached hydrogens (tertiary/aromatic N) is 2. The molecule has 40 heavy (non-hydrogen) atoms. The van der Waals surface area contributed by atoms with Gasteiger partial charge in [-0.15, -0.1) is 0 Å². The van der Waals surface area contributed by atoms with Crippen molar-refractivity contribution < 1.29 is 0 Å². The van der Waals surface area contributed by atoms with Crippen molar-refractivity contribution in [2.75, 3.05) is 13.1 Å². The number of rotatable bonds is 8. The summed E-state index contributed by atoms with van der Waals surface area (Å²) in [5.41, 5.74) is 7.31. The van der Waals surface area contributed by atoms with Crippen molar-refractivity contribution in [3.05, 3.63) is 132 Å². The third-order valence-corrected chi connectivity index (χ3v) is 7.83. The molecule has 4 heteroatoms. The topological polar surface area (TPSA) is 56.3 Å². The van der Waals surface area contributed by atoms with Gasteiger partial charge in [0.2, 0.25) is 0 Å². The quantitative estimate of drug-likeness (QED) is 0.150. The Morgan fingerprint density at radius 2 is 0.800 bits per heavy atom. The maximum atomic E-state index is 4.91. The average Bonchev–Trinajstić information content (AvgIpc) is 3.62. The van der Waals surface area contributed by atoms with Crippen LogP contribution in [0.1, 0.15) is 22.3 Å². The van der Waals surface area contributed by atoms with Gasteiger partial charge in [-0.3, -0.25) is 9.98 Å². The summed E-state index contributed by atoms with van der Waals surface area (Å²) in [5, 5.41) is 7.37. The lowest BCUT2D eigenvalue weighted by atomic mass is 9.92. The van der Waals surface area contributed by atoms with Crippen molar-refractivity contribution in [3.8, 4) is 0 Å². The lowest BCUT2D eigenvalue weighted by Crippen LogP contribution is -1.97. The molecule has 0 amide bonds. The number of fused-ring (bicyclic) bond motifs is 4. The van der Waals surface area contributed by atoms with Crippen molar-refractivity contribution in [1.29, 1.82) is 0 Å². The molecule has 0 saturated heterocycles. The monoisotopic (exact) mass is 518 g/mol. The highest BCUT2D eigenvalue weighted by molar-refractivity contribution is 6.21. The zero-order valence-electron chi connectivity index (χ0n) is 22.3. The zero-order valence-corrected chi connectivity index (χ0v) is 22.3. The van der Waals surface area contributed by atoms with Gasteiger partial charge in [0.15, 0.2) is 0 Å². The Balaban J connectivity index is 1.18. The van der Waals surface area contributed by atoms with Gasteiger partial charge in [-0.05, 0) is 57.6 Å². The summed E-state index contributed by atoms with van der Waals surface area (Å²) in [5.74, 6) is 0. The first-order valence-electron chi connectivity index (χ1n) is 13.9. The van der Waals surface area contributed by atoms with Crippen LogP contribution in [-0.2, 0) is 12.8 Å². The SMILES string of the molecule is C(=NCCc1c[nH]c2ccccc12)c1c2ccccc2c(C=NCCc2c[nH]c3ccccc23)c2ccccc12. The molecule has 0 unspecified atom stereocenters.